The summed E-state index contributed by atoms with van der Waals surface area (Å²) in [6.07, 6.45) is 5.28. The number of carbonyl (C=O) groups excluding carboxylic acids is 1. The number of amidine groups is 1. The van der Waals surface area contributed by atoms with E-state index in [1.165, 1.54) is 11.1 Å². The molecule has 3 N–H and O–H groups in total. The number of benzene rings is 2. The maximum absolute atomic E-state index is 12.9. The van der Waals surface area contributed by atoms with Crippen LogP contribution in [0.3, 0.4) is 0 Å². The lowest BCUT2D eigenvalue weighted by Gasteiger charge is -2.41. The molecule has 0 saturated carbocycles. The van der Waals surface area contributed by atoms with Gasteiger partial charge in [0.25, 0.3) is 0 Å². The van der Waals surface area contributed by atoms with E-state index in [1.807, 2.05) is 13.0 Å². The van der Waals surface area contributed by atoms with Gasteiger partial charge in [0.2, 0.25) is 0 Å². The molecule has 1 heterocycles. The first-order valence-corrected chi connectivity index (χ1v) is 12.7. The summed E-state index contributed by atoms with van der Waals surface area (Å²) in [6.45, 7) is 12.8. The minimum absolute atomic E-state index is 0.184. The summed E-state index contributed by atoms with van der Waals surface area (Å²) < 4.78 is 0. The van der Waals surface area contributed by atoms with Crippen LogP contribution in [0.5, 0.6) is 0 Å². The van der Waals surface area contributed by atoms with Gasteiger partial charge in [0.1, 0.15) is 11.6 Å². The van der Waals surface area contributed by atoms with Gasteiger partial charge in [-0.3, -0.25) is 10.2 Å². The molecule has 4 heteroatoms. The van der Waals surface area contributed by atoms with Crippen molar-refractivity contribution in [1.29, 1.82) is 5.41 Å². The molecule has 0 spiro atoms. The number of hydrogen-bond donors (Lipinski definition) is 3. The molecule has 0 aromatic heterocycles. The number of rotatable bonds is 11. The molecule has 34 heavy (non-hydrogen) atoms. The largest absolute Gasteiger partial charge is 0.378 e. The number of nitrogens with one attached hydrogen (secondary N) is 3. The third-order valence-electron chi connectivity index (χ3n) is 7.37. The molecule has 4 nitrogen and oxygen atoms in total. The van der Waals surface area contributed by atoms with E-state index in [0.29, 0.717) is 24.6 Å². The SMILES string of the molecule is C=C(N[C@@H](CCCC)c1ccccc1)c1cccc(CCC2C(=N)N[C@](C)(C(C)C)CC2=O)c1. The van der Waals surface area contributed by atoms with Crippen LogP contribution in [0.2, 0.25) is 0 Å². The Kier molecular flexibility index (Phi) is 8.71. The summed E-state index contributed by atoms with van der Waals surface area (Å²) in [6, 6.07) is 19.2. The third kappa shape index (κ3) is 6.37. The minimum Gasteiger partial charge on any atom is -0.378 e. The summed E-state index contributed by atoms with van der Waals surface area (Å²) in [7, 11) is 0. The van der Waals surface area contributed by atoms with Crippen molar-refractivity contribution in [3.8, 4) is 0 Å². The number of carbonyl (C=O) groups is 1. The van der Waals surface area contributed by atoms with E-state index >= 15 is 0 Å². The highest BCUT2D eigenvalue weighted by molar-refractivity contribution is 6.05. The second-order valence-electron chi connectivity index (χ2n) is 10.3. The summed E-state index contributed by atoms with van der Waals surface area (Å²) in [5.74, 6) is 0.512. The zero-order valence-electron chi connectivity index (χ0n) is 21.3. The molecule has 0 bridgehead atoms. The molecule has 1 aliphatic rings. The van der Waals surface area contributed by atoms with Crippen molar-refractivity contribution in [1.82, 2.24) is 10.6 Å². The van der Waals surface area contributed by atoms with Gasteiger partial charge in [-0.05, 0) is 54.9 Å². The monoisotopic (exact) mass is 459 g/mol. The summed E-state index contributed by atoms with van der Waals surface area (Å²) in [5.41, 5.74) is 4.13. The van der Waals surface area contributed by atoms with Crippen molar-refractivity contribution in [2.24, 2.45) is 11.8 Å². The first-order chi connectivity index (χ1) is 16.2. The van der Waals surface area contributed by atoms with E-state index in [2.05, 4.69) is 86.5 Å². The van der Waals surface area contributed by atoms with Gasteiger partial charge in [-0.25, -0.2) is 0 Å². The number of piperidine rings is 1. The first-order valence-electron chi connectivity index (χ1n) is 12.7. The Morgan fingerprint density at radius 1 is 1.21 bits per heavy atom. The first kappa shape index (κ1) is 25.7. The van der Waals surface area contributed by atoms with Gasteiger partial charge in [-0.1, -0.05) is 88.7 Å². The fourth-order valence-corrected chi connectivity index (χ4v) is 4.67. The van der Waals surface area contributed by atoms with Crippen molar-refractivity contribution in [2.45, 2.75) is 77.8 Å². The van der Waals surface area contributed by atoms with Gasteiger partial charge in [0.05, 0.1) is 12.0 Å². The quantitative estimate of drug-likeness (QED) is 0.351. The highest BCUT2D eigenvalue weighted by Crippen LogP contribution is 2.30. The van der Waals surface area contributed by atoms with Gasteiger partial charge in [-0.2, -0.15) is 0 Å². The van der Waals surface area contributed by atoms with Crippen LogP contribution >= 0.6 is 0 Å². The Morgan fingerprint density at radius 3 is 2.59 bits per heavy atom. The fraction of sp³-hybridized carbons (Fsp3) is 0.467. The van der Waals surface area contributed by atoms with Crippen LogP contribution in [-0.2, 0) is 11.2 Å². The second kappa shape index (κ2) is 11.5. The zero-order valence-corrected chi connectivity index (χ0v) is 21.3. The number of unbranched alkanes of at least 4 members (excludes halogenated alkanes) is 1. The Balaban J connectivity index is 1.64. The van der Waals surface area contributed by atoms with Gasteiger partial charge in [-0.15, -0.1) is 0 Å². The lowest BCUT2D eigenvalue weighted by atomic mass is 9.75. The molecule has 3 rings (SSSR count). The van der Waals surface area contributed by atoms with Crippen molar-refractivity contribution in [3.05, 3.63) is 77.9 Å². The molecule has 0 amide bonds. The van der Waals surface area contributed by atoms with E-state index in [1.54, 1.807) is 0 Å². The van der Waals surface area contributed by atoms with Crippen LogP contribution in [0.4, 0.5) is 0 Å². The van der Waals surface area contributed by atoms with Crippen LogP contribution in [0.25, 0.3) is 5.70 Å². The van der Waals surface area contributed by atoms with Gasteiger partial charge in [0, 0.05) is 17.7 Å². The van der Waals surface area contributed by atoms with Gasteiger partial charge >= 0.3 is 0 Å². The van der Waals surface area contributed by atoms with Crippen LogP contribution in [-0.4, -0.2) is 17.2 Å². The van der Waals surface area contributed by atoms with E-state index in [9.17, 15) is 4.79 Å². The Bertz CT molecular complexity index is 977. The number of hydrogen-bond acceptors (Lipinski definition) is 3. The third-order valence-corrected chi connectivity index (χ3v) is 7.37. The summed E-state index contributed by atoms with van der Waals surface area (Å²) in [4.78, 5) is 12.9. The fourth-order valence-electron chi connectivity index (χ4n) is 4.67. The molecular formula is C30H41N3O. The standard InChI is InChI=1S/C30H41N3O/c1-6-7-16-27(24-13-9-8-10-14-24)32-22(4)25-15-11-12-23(19-25)17-18-26-28(34)20-30(5,21(2)3)33-29(26)31/h8-15,19,21,26-27,32H,4,6-7,16-18,20H2,1-3,5H3,(H2,31,33)/t26?,27-,30-/m0/s1. The highest BCUT2D eigenvalue weighted by atomic mass is 16.1. The average molecular weight is 460 g/mol. The molecule has 1 fully saturated rings. The smallest absolute Gasteiger partial charge is 0.145 e. The van der Waals surface area contributed by atoms with Crippen LogP contribution in [0, 0.1) is 17.2 Å². The molecule has 2 aromatic rings. The minimum atomic E-state index is -0.340. The topological polar surface area (TPSA) is 65.0 Å². The Hall–Kier alpha value is -2.88. The van der Waals surface area contributed by atoms with Crippen LogP contribution in [0.1, 0.15) is 82.5 Å². The summed E-state index contributed by atoms with van der Waals surface area (Å²) >= 11 is 0. The lowest BCUT2D eigenvalue weighted by Crippen LogP contribution is -2.58. The maximum atomic E-state index is 12.9. The predicted molar refractivity (Wildman–Crippen MR) is 143 cm³/mol. The van der Waals surface area contributed by atoms with Crippen LogP contribution in [0.15, 0.2) is 61.2 Å². The maximum Gasteiger partial charge on any atom is 0.145 e. The molecule has 3 atom stereocenters. The zero-order chi connectivity index (χ0) is 24.7. The Labute approximate surface area is 205 Å². The van der Waals surface area contributed by atoms with Crippen molar-refractivity contribution in [3.63, 3.8) is 0 Å². The normalized spacial score (nSPS) is 21.3. The number of ketones is 1. The van der Waals surface area contributed by atoms with E-state index in [4.69, 9.17) is 5.41 Å². The molecule has 182 valence electrons. The Morgan fingerprint density at radius 2 is 1.94 bits per heavy atom. The van der Waals surface area contributed by atoms with Crippen molar-refractivity contribution in [2.75, 3.05) is 0 Å². The van der Waals surface area contributed by atoms with E-state index in [0.717, 1.165) is 36.9 Å². The average Bonchev–Trinajstić information content (AvgIpc) is 2.81. The van der Waals surface area contributed by atoms with Gasteiger partial charge in [0.15, 0.2) is 0 Å². The molecule has 0 radical (unpaired) electrons. The van der Waals surface area contributed by atoms with Crippen LogP contribution < -0.4 is 10.6 Å². The van der Waals surface area contributed by atoms with E-state index in [-0.39, 0.29) is 23.3 Å². The molecule has 1 aliphatic heterocycles. The lowest BCUT2D eigenvalue weighted by molar-refractivity contribution is -0.123. The molecule has 1 saturated heterocycles. The van der Waals surface area contributed by atoms with E-state index < -0.39 is 0 Å². The number of Topliss-reactive ketones (excluding diaryl/α,β-unsaturated/α-hetero) is 1. The van der Waals surface area contributed by atoms with Crippen molar-refractivity contribution >= 4 is 17.3 Å². The van der Waals surface area contributed by atoms with Crippen molar-refractivity contribution < 1.29 is 4.79 Å². The molecular weight excluding hydrogens is 418 g/mol. The number of aryl methyl sites for hydroxylation is 1. The molecule has 1 unspecified atom stereocenters. The summed E-state index contributed by atoms with van der Waals surface area (Å²) in [5, 5.41) is 15.4. The van der Waals surface area contributed by atoms with Gasteiger partial charge < -0.3 is 10.6 Å². The second-order valence-corrected chi connectivity index (χ2v) is 10.3. The predicted octanol–water partition coefficient (Wildman–Crippen LogP) is 6.68. The molecule has 0 aliphatic carbocycles. The molecule has 2 aromatic carbocycles. The highest BCUT2D eigenvalue weighted by Gasteiger charge is 2.41.